The van der Waals surface area contributed by atoms with Crippen LogP contribution in [-0.2, 0) is 0 Å². The molecule has 0 radical (unpaired) electrons. The van der Waals surface area contributed by atoms with E-state index in [1.165, 1.54) is 18.2 Å². The SMILES string of the molecule is CN(C)c1ccc(C(CNC(=O)c2ccc(F)cc2Br)c2c[nH]c3ccccc23)cc1. The summed E-state index contributed by atoms with van der Waals surface area (Å²) in [5.41, 5.74) is 4.79. The van der Waals surface area contributed by atoms with Crippen molar-refractivity contribution < 1.29 is 9.18 Å². The number of carbonyl (C=O) groups excluding carboxylic acids is 1. The van der Waals surface area contributed by atoms with Gasteiger partial charge in [-0.3, -0.25) is 4.79 Å². The topological polar surface area (TPSA) is 48.1 Å². The number of anilines is 1. The van der Waals surface area contributed by atoms with Crippen LogP contribution in [0, 0.1) is 5.82 Å². The summed E-state index contributed by atoms with van der Waals surface area (Å²) in [4.78, 5) is 18.2. The third-order valence-electron chi connectivity index (χ3n) is 5.45. The van der Waals surface area contributed by atoms with Gasteiger partial charge in [-0.25, -0.2) is 4.39 Å². The van der Waals surface area contributed by atoms with E-state index in [9.17, 15) is 9.18 Å². The maximum atomic E-state index is 13.4. The summed E-state index contributed by atoms with van der Waals surface area (Å²) >= 11 is 3.28. The first-order valence-electron chi connectivity index (χ1n) is 10.0. The summed E-state index contributed by atoms with van der Waals surface area (Å²) in [6, 6.07) is 20.6. The highest BCUT2D eigenvalue weighted by atomic mass is 79.9. The van der Waals surface area contributed by atoms with E-state index < -0.39 is 0 Å². The van der Waals surface area contributed by atoms with E-state index >= 15 is 0 Å². The molecule has 1 aromatic heterocycles. The molecule has 4 nitrogen and oxygen atoms in total. The molecule has 1 unspecified atom stereocenters. The zero-order valence-corrected chi connectivity index (χ0v) is 18.9. The summed E-state index contributed by atoms with van der Waals surface area (Å²) in [6.45, 7) is 0.409. The lowest BCUT2D eigenvalue weighted by molar-refractivity contribution is 0.0951. The number of amides is 1. The number of halogens is 2. The summed E-state index contributed by atoms with van der Waals surface area (Å²) in [6.07, 6.45) is 2.01. The highest BCUT2D eigenvalue weighted by molar-refractivity contribution is 9.10. The van der Waals surface area contributed by atoms with Gasteiger partial charge in [0.05, 0.1) is 5.56 Å². The Morgan fingerprint density at radius 1 is 1.10 bits per heavy atom. The molecule has 0 bridgehead atoms. The first kappa shape index (κ1) is 21.1. The zero-order chi connectivity index (χ0) is 22.0. The van der Waals surface area contributed by atoms with E-state index in [4.69, 9.17) is 0 Å². The van der Waals surface area contributed by atoms with E-state index in [1.807, 2.05) is 38.5 Å². The molecule has 0 fully saturated rings. The van der Waals surface area contributed by atoms with Crippen molar-refractivity contribution in [2.75, 3.05) is 25.5 Å². The molecule has 2 N–H and O–H groups in total. The van der Waals surface area contributed by atoms with E-state index in [0.29, 0.717) is 16.6 Å². The van der Waals surface area contributed by atoms with Crippen LogP contribution in [0.3, 0.4) is 0 Å². The maximum Gasteiger partial charge on any atom is 0.252 e. The van der Waals surface area contributed by atoms with Crippen molar-refractivity contribution in [1.29, 1.82) is 0 Å². The molecule has 0 aliphatic rings. The van der Waals surface area contributed by atoms with Crippen molar-refractivity contribution in [3.63, 3.8) is 0 Å². The van der Waals surface area contributed by atoms with Crippen LogP contribution in [0.5, 0.6) is 0 Å². The Morgan fingerprint density at radius 2 is 1.84 bits per heavy atom. The quantitative estimate of drug-likeness (QED) is 0.372. The third kappa shape index (κ3) is 4.49. The van der Waals surface area contributed by atoms with Crippen LogP contribution in [0.15, 0.2) is 77.4 Å². The van der Waals surface area contributed by atoms with Gasteiger partial charge in [0.2, 0.25) is 0 Å². The van der Waals surface area contributed by atoms with Crippen molar-refractivity contribution in [1.82, 2.24) is 10.3 Å². The number of nitrogens with one attached hydrogen (secondary N) is 2. The van der Waals surface area contributed by atoms with E-state index in [0.717, 1.165) is 27.7 Å². The van der Waals surface area contributed by atoms with Crippen molar-refractivity contribution in [3.8, 4) is 0 Å². The largest absolute Gasteiger partial charge is 0.378 e. The molecular formula is C25H23BrFN3O. The van der Waals surface area contributed by atoms with Crippen LogP contribution < -0.4 is 10.2 Å². The first-order chi connectivity index (χ1) is 14.9. The molecule has 0 saturated carbocycles. The molecule has 1 amide bonds. The molecule has 0 saturated heterocycles. The maximum absolute atomic E-state index is 13.4. The standard InChI is InChI=1S/C25H23BrFN3O/c1-30(2)18-10-7-16(8-11-18)21(22-15-28-24-6-4-3-5-19(22)24)14-29-25(31)20-12-9-17(27)13-23(20)26/h3-13,15,21,28H,14H2,1-2H3,(H,29,31). The van der Waals surface area contributed by atoms with Gasteiger partial charge in [0, 0.05) is 53.8 Å². The number of para-hydroxylation sites is 1. The summed E-state index contributed by atoms with van der Waals surface area (Å²) in [7, 11) is 4.01. The Morgan fingerprint density at radius 3 is 2.55 bits per heavy atom. The van der Waals surface area contributed by atoms with E-state index in [-0.39, 0.29) is 17.6 Å². The summed E-state index contributed by atoms with van der Waals surface area (Å²) < 4.78 is 13.8. The van der Waals surface area contributed by atoms with Crippen LogP contribution in [-0.4, -0.2) is 31.5 Å². The number of aromatic nitrogens is 1. The second-order valence-electron chi connectivity index (χ2n) is 7.66. The van der Waals surface area contributed by atoms with Crippen molar-refractivity contribution in [3.05, 3.63) is 99.9 Å². The van der Waals surface area contributed by atoms with Crippen LogP contribution in [0.4, 0.5) is 10.1 Å². The zero-order valence-electron chi connectivity index (χ0n) is 17.3. The molecule has 4 rings (SSSR count). The van der Waals surface area contributed by atoms with Crippen LogP contribution >= 0.6 is 15.9 Å². The van der Waals surface area contributed by atoms with Gasteiger partial charge in [0.15, 0.2) is 0 Å². The second kappa shape index (κ2) is 8.94. The van der Waals surface area contributed by atoms with Crippen molar-refractivity contribution >= 4 is 38.4 Å². The molecule has 1 heterocycles. The van der Waals surface area contributed by atoms with Gasteiger partial charge in [-0.1, -0.05) is 30.3 Å². The van der Waals surface area contributed by atoms with Gasteiger partial charge in [0.25, 0.3) is 5.91 Å². The number of carbonyl (C=O) groups is 1. The number of nitrogens with zero attached hydrogens (tertiary/aromatic N) is 1. The Balaban J connectivity index is 1.66. The smallest absolute Gasteiger partial charge is 0.252 e. The fraction of sp³-hybridized carbons (Fsp3) is 0.160. The van der Waals surface area contributed by atoms with Gasteiger partial charge >= 0.3 is 0 Å². The van der Waals surface area contributed by atoms with Gasteiger partial charge in [0.1, 0.15) is 5.82 Å². The Labute approximate surface area is 189 Å². The van der Waals surface area contributed by atoms with E-state index in [2.05, 4.69) is 61.5 Å². The average Bonchev–Trinajstić information content (AvgIpc) is 3.18. The lowest BCUT2D eigenvalue weighted by Gasteiger charge is -2.20. The molecule has 4 aromatic rings. The lowest BCUT2D eigenvalue weighted by Crippen LogP contribution is -2.29. The number of fused-ring (bicyclic) bond motifs is 1. The van der Waals surface area contributed by atoms with E-state index in [1.54, 1.807) is 0 Å². The second-order valence-corrected chi connectivity index (χ2v) is 8.52. The minimum Gasteiger partial charge on any atom is -0.378 e. The Hall–Kier alpha value is -3.12. The van der Waals surface area contributed by atoms with Gasteiger partial charge in [-0.15, -0.1) is 0 Å². The molecule has 3 aromatic carbocycles. The van der Waals surface area contributed by atoms with Crippen LogP contribution in [0.25, 0.3) is 10.9 Å². The van der Waals surface area contributed by atoms with Gasteiger partial charge < -0.3 is 15.2 Å². The van der Waals surface area contributed by atoms with Crippen LogP contribution in [0.1, 0.15) is 27.4 Å². The number of benzene rings is 3. The summed E-state index contributed by atoms with van der Waals surface area (Å²) in [5, 5.41) is 4.16. The predicted octanol–water partition coefficient (Wildman–Crippen LogP) is 5.70. The number of hydrogen-bond acceptors (Lipinski definition) is 2. The molecule has 6 heteroatoms. The molecule has 0 aliphatic carbocycles. The lowest BCUT2D eigenvalue weighted by atomic mass is 9.90. The molecule has 158 valence electrons. The minimum atomic E-state index is -0.388. The van der Waals surface area contributed by atoms with Gasteiger partial charge in [-0.2, -0.15) is 0 Å². The third-order valence-corrected chi connectivity index (χ3v) is 6.11. The molecule has 0 aliphatic heterocycles. The number of H-pyrrole nitrogens is 1. The highest BCUT2D eigenvalue weighted by Gasteiger charge is 2.20. The average molecular weight is 480 g/mol. The molecule has 31 heavy (non-hydrogen) atoms. The number of rotatable bonds is 6. The fourth-order valence-corrected chi connectivity index (χ4v) is 4.29. The number of hydrogen-bond donors (Lipinski definition) is 2. The van der Waals surface area contributed by atoms with Crippen molar-refractivity contribution in [2.24, 2.45) is 0 Å². The normalized spacial score (nSPS) is 12.0. The molecular weight excluding hydrogens is 457 g/mol. The Kier molecular flexibility index (Phi) is 6.09. The Bertz CT molecular complexity index is 1220. The monoisotopic (exact) mass is 479 g/mol. The molecule has 0 spiro atoms. The van der Waals surface area contributed by atoms with Crippen molar-refractivity contribution in [2.45, 2.75) is 5.92 Å². The number of aromatic amines is 1. The summed E-state index contributed by atoms with van der Waals surface area (Å²) in [5.74, 6) is -0.682. The van der Waals surface area contributed by atoms with Gasteiger partial charge in [-0.05, 0) is 63.5 Å². The minimum absolute atomic E-state index is 0.0458. The predicted molar refractivity (Wildman–Crippen MR) is 127 cm³/mol. The molecule has 1 atom stereocenters. The van der Waals surface area contributed by atoms with Crippen LogP contribution in [0.2, 0.25) is 0 Å². The first-order valence-corrected chi connectivity index (χ1v) is 10.8. The highest BCUT2D eigenvalue weighted by Crippen LogP contribution is 2.31. The fourth-order valence-electron chi connectivity index (χ4n) is 3.76.